The van der Waals surface area contributed by atoms with Crippen molar-refractivity contribution in [3.63, 3.8) is 0 Å². The lowest BCUT2D eigenvalue weighted by Gasteiger charge is -2.31. The summed E-state index contributed by atoms with van der Waals surface area (Å²) in [4.78, 5) is 15.2. The minimum absolute atomic E-state index is 0.214. The highest BCUT2D eigenvalue weighted by Gasteiger charge is 2.47. The topological polar surface area (TPSA) is 46.3 Å². The second kappa shape index (κ2) is 5.55. The zero-order valence-corrected chi connectivity index (χ0v) is 12.1. The third-order valence-corrected chi connectivity index (χ3v) is 5.00. The molecule has 4 heteroatoms. The molecule has 0 spiro atoms. The van der Waals surface area contributed by atoms with E-state index in [2.05, 4.69) is 6.92 Å². The Kier molecular flexibility index (Phi) is 4.25. The van der Waals surface area contributed by atoms with Crippen LogP contribution in [0.3, 0.4) is 0 Å². The molecule has 1 heterocycles. The van der Waals surface area contributed by atoms with Crippen LogP contribution in [0.5, 0.6) is 0 Å². The van der Waals surface area contributed by atoms with Gasteiger partial charge in [0.1, 0.15) is 0 Å². The molecule has 0 bridgehead atoms. The summed E-state index contributed by atoms with van der Waals surface area (Å²) in [7, 11) is 0. The number of hydrogen-bond acceptors (Lipinski definition) is 2. The third kappa shape index (κ3) is 2.40. The summed E-state index contributed by atoms with van der Waals surface area (Å²) in [6.07, 6.45) is 7.45. The zero-order valence-electron chi connectivity index (χ0n) is 11.3. The van der Waals surface area contributed by atoms with E-state index in [-0.39, 0.29) is 5.91 Å². The number of likely N-dealkylation sites (tertiary alicyclic amines) is 1. The van der Waals surface area contributed by atoms with Crippen LogP contribution in [0.2, 0.25) is 0 Å². The van der Waals surface area contributed by atoms with Gasteiger partial charge in [-0.1, -0.05) is 38.4 Å². The quantitative estimate of drug-likeness (QED) is 0.797. The Hall–Kier alpha value is -0.640. The minimum atomic E-state index is -0.504. The van der Waals surface area contributed by atoms with Crippen LogP contribution in [0.25, 0.3) is 0 Å². The molecule has 1 atom stereocenters. The Morgan fingerprint density at radius 1 is 1.44 bits per heavy atom. The second-order valence-corrected chi connectivity index (χ2v) is 6.29. The van der Waals surface area contributed by atoms with E-state index in [1.54, 1.807) is 0 Å². The largest absolute Gasteiger partial charge is 0.392 e. The SMILES string of the molecule is CCCC1CCN(C(=O)C2(C(N)=S)CCCC2)C1. The molecule has 1 unspecified atom stereocenters. The smallest absolute Gasteiger partial charge is 0.235 e. The number of carbonyl (C=O) groups excluding carboxylic acids is 1. The first-order valence-electron chi connectivity index (χ1n) is 7.19. The van der Waals surface area contributed by atoms with Crippen LogP contribution in [-0.4, -0.2) is 28.9 Å². The van der Waals surface area contributed by atoms with Crippen molar-refractivity contribution in [3.8, 4) is 0 Å². The molecule has 0 aromatic heterocycles. The zero-order chi connectivity index (χ0) is 13.2. The molecule has 1 amide bonds. The van der Waals surface area contributed by atoms with E-state index >= 15 is 0 Å². The van der Waals surface area contributed by atoms with Crippen LogP contribution >= 0.6 is 12.2 Å². The number of carbonyl (C=O) groups is 1. The first kappa shape index (κ1) is 13.8. The molecule has 18 heavy (non-hydrogen) atoms. The fourth-order valence-corrected chi connectivity index (χ4v) is 3.80. The number of nitrogens with two attached hydrogens (primary N) is 1. The number of amides is 1. The van der Waals surface area contributed by atoms with Gasteiger partial charge >= 0.3 is 0 Å². The lowest BCUT2D eigenvalue weighted by atomic mass is 9.84. The van der Waals surface area contributed by atoms with Gasteiger partial charge in [-0.05, 0) is 31.6 Å². The van der Waals surface area contributed by atoms with Crippen molar-refractivity contribution in [3.05, 3.63) is 0 Å². The molecule has 2 fully saturated rings. The standard InChI is InChI=1S/C14H24N2OS/c1-2-5-11-6-9-16(10-11)13(17)14(12(15)18)7-3-4-8-14/h11H,2-10H2,1H3,(H2,15,18). The maximum absolute atomic E-state index is 12.7. The highest BCUT2D eigenvalue weighted by Crippen LogP contribution is 2.41. The molecule has 1 saturated carbocycles. The van der Waals surface area contributed by atoms with Gasteiger partial charge in [-0.25, -0.2) is 0 Å². The fourth-order valence-electron chi connectivity index (χ4n) is 3.51. The summed E-state index contributed by atoms with van der Waals surface area (Å²) in [5.41, 5.74) is 5.37. The molecular weight excluding hydrogens is 244 g/mol. The lowest BCUT2D eigenvalue weighted by molar-refractivity contribution is -0.137. The Labute approximate surface area is 115 Å². The van der Waals surface area contributed by atoms with Crippen LogP contribution in [0, 0.1) is 11.3 Å². The maximum atomic E-state index is 12.7. The fraction of sp³-hybridized carbons (Fsp3) is 0.857. The van der Waals surface area contributed by atoms with E-state index in [0.29, 0.717) is 10.9 Å². The van der Waals surface area contributed by atoms with Crippen LogP contribution in [-0.2, 0) is 4.79 Å². The number of thiocarbonyl (C=S) groups is 1. The molecular formula is C14H24N2OS. The minimum Gasteiger partial charge on any atom is -0.392 e. The van der Waals surface area contributed by atoms with Crippen LogP contribution in [0.4, 0.5) is 0 Å². The molecule has 0 aromatic carbocycles. The molecule has 2 rings (SSSR count). The van der Waals surface area contributed by atoms with Gasteiger partial charge in [0, 0.05) is 13.1 Å². The predicted molar refractivity (Wildman–Crippen MR) is 77.3 cm³/mol. The van der Waals surface area contributed by atoms with Crippen LogP contribution < -0.4 is 5.73 Å². The molecule has 0 aromatic rings. The van der Waals surface area contributed by atoms with E-state index in [9.17, 15) is 4.79 Å². The molecule has 102 valence electrons. The number of rotatable bonds is 4. The van der Waals surface area contributed by atoms with E-state index in [0.717, 1.165) is 45.2 Å². The van der Waals surface area contributed by atoms with Gasteiger partial charge in [0.25, 0.3) is 0 Å². The molecule has 1 aliphatic carbocycles. The van der Waals surface area contributed by atoms with Crippen LogP contribution in [0.15, 0.2) is 0 Å². The monoisotopic (exact) mass is 268 g/mol. The van der Waals surface area contributed by atoms with E-state index in [4.69, 9.17) is 18.0 Å². The van der Waals surface area contributed by atoms with Gasteiger partial charge < -0.3 is 10.6 Å². The van der Waals surface area contributed by atoms with Crippen molar-refractivity contribution in [2.24, 2.45) is 17.1 Å². The van der Waals surface area contributed by atoms with Gasteiger partial charge in [0.15, 0.2) is 0 Å². The van der Waals surface area contributed by atoms with Crippen molar-refractivity contribution in [1.82, 2.24) is 4.90 Å². The first-order chi connectivity index (χ1) is 8.60. The van der Waals surface area contributed by atoms with E-state index < -0.39 is 5.41 Å². The third-order valence-electron chi connectivity index (χ3n) is 4.61. The summed E-state index contributed by atoms with van der Waals surface area (Å²) in [6.45, 7) is 4.02. The highest BCUT2D eigenvalue weighted by atomic mass is 32.1. The van der Waals surface area contributed by atoms with Crippen molar-refractivity contribution < 1.29 is 4.79 Å². The second-order valence-electron chi connectivity index (χ2n) is 5.85. The Balaban J connectivity index is 2.04. The van der Waals surface area contributed by atoms with E-state index in [1.165, 1.54) is 12.8 Å². The molecule has 0 radical (unpaired) electrons. The maximum Gasteiger partial charge on any atom is 0.235 e. The van der Waals surface area contributed by atoms with Gasteiger partial charge in [0.2, 0.25) is 5.91 Å². The van der Waals surface area contributed by atoms with Crippen molar-refractivity contribution >= 4 is 23.1 Å². The Morgan fingerprint density at radius 3 is 2.67 bits per heavy atom. The average molecular weight is 268 g/mol. The summed E-state index contributed by atoms with van der Waals surface area (Å²) in [6, 6.07) is 0. The van der Waals surface area contributed by atoms with E-state index in [1.807, 2.05) is 4.90 Å². The Morgan fingerprint density at radius 2 is 2.11 bits per heavy atom. The molecule has 1 aliphatic heterocycles. The summed E-state index contributed by atoms with van der Waals surface area (Å²) < 4.78 is 0. The molecule has 2 N–H and O–H groups in total. The van der Waals surface area contributed by atoms with Gasteiger partial charge in [-0.15, -0.1) is 0 Å². The first-order valence-corrected chi connectivity index (χ1v) is 7.60. The summed E-state index contributed by atoms with van der Waals surface area (Å²) in [5.74, 6) is 0.898. The van der Waals surface area contributed by atoms with Crippen LogP contribution in [0.1, 0.15) is 51.9 Å². The average Bonchev–Trinajstić information content (AvgIpc) is 2.97. The van der Waals surface area contributed by atoms with Gasteiger partial charge in [-0.3, -0.25) is 4.79 Å². The molecule has 1 saturated heterocycles. The van der Waals surface area contributed by atoms with Crippen molar-refractivity contribution in [2.45, 2.75) is 51.9 Å². The van der Waals surface area contributed by atoms with Crippen molar-refractivity contribution in [2.75, 3.05) is 13.1 Å². The lowest BCUT2D eigenvalue weighted by Crippen LogP contribution is -2.48. The summed E-state index contributed by atoms with van der Waals surface area (Å²) >= 11 is 5.19. The predicted octanol–water partition coefficient (Wildman–Crippen LogP) is 2.48. The normalized spacial score (nSPS) is 26.5. The van der Waals surface area contributed by atoms with Gasteiger partial charge in [0.05, 0.1) is 10.4 Å². The number of hydrogen-bond donors (Lipinski definition) is 1. The van der Waals surface area contributed by atoms with Gasteiger partial charge in [-0.2, -0.15) is 0 Å². The highest BCUT2D eigenvalue weighted by molar-refractivity contribution is 7.80. The number of nitrogens with zero attached hydrogens (tertiary/aromatic N) is 1. The molecule has 3 nitrogen and oxygen atoms in total. The van der Waals surface area contributed by atoms with Crippen molar-refractivity contribution in [1.29, 1.82) is 0 Å². The Bertz CT molecular complexity index is 337. The summed E-state index contributed by atoms with van der Waals surface area (Å²) in [5, 5.41) is 0. The molecule has 2 aliphatic rings.